The van der Waals surface area contributed by atoms with Crippen molar-refractivity contribution in [1.29, 1.82) is 0 Å². The Balaban J connectivity index is 1.96. The van der Waals surface area contributed by atoms with Crippen LogP contribution in [0.3, 0.4) is 0 Å². The van der Waals surface area contributed by atoms with Crippen LogP contribution in [0.25, 0.3) is 0 Å². The molecule has 0 fully saturated rings. The number of ether oxygens (including phenoxy) is 2. The van der Waals surface area contributed by atoms with E-state index in [1.807, 2.05) is 45.9 Å². The summed E-state index contributed by atoms with van der Waals surface area (Å²) in [6.45, 7) is 8.29. The van der Waals surface area contributed by atoms with Crippen LogP contribution in [0.1, 0.15) is 33.3 Å². The lowest BCUT2D eigenvalue weighted by Gasteiger charge is -2.32. The van der Waals surface area contributed by atoms with Crippen LogP contribution in [0, 0.1) is 0 Å². The summed E-state index contributed by atoms with van der Waals surface area (Å²) in [7, 11) is 0. The molecule has 0 amide bonds. The molecule has 0 radical (unpaired) electrons. The maximum atomic E-state index is 5.91. The van der Waals surface area contributed by atoms with E-state index in [1.165, 1.54) is 6.33 Å². The molecule has 1 aromatic carbocycles. The molecule has 3 rings (SSSR count). The normalized spacial score (nSPS) is 16.5. The van der Waals surface area contributed by atoms with Gasteiger partial charge in [-0.15, -0.1) is 0 Å². The number of aromatic nitrogens is 3. The number of oxime groups is 1. The number of hydrogen-bond donors (Lipinski definition) is 0. The fourth-order valence-corrected chi connectivity index (χ4v) is 2.12. The van der Waals surface area contributed by atoms with E-state index in [0.29, 0.717) is 23.9 Å². The van der Waals surface area contributed by atoms with E-state index in [4.69, 9.17) is 14.3 Å². The number of rotatable bonds is 3. The lowest BCUT2D eigenvalue weighted by molar-refractivity contribution is 0.0213. The summed E-state index contributed by atoms with van der Waals surface area (Å²) < 4.78 is 13.3. The van der Waals surface area contributed by atoms with E-state index in [-0.39, 0.29) is 11.7 Å². The SMILES string of the molecule is CC(C)O/N=C(/c1ccc2c(c1)OCC(C)(C)O2)n1cncn1. The predicted molar refractivity (Wildman–Crippen MR) is 84.8 cm³/mol. The van der Waals surface area contributed by atoms with Crippen molar-refractivity contribution in [3.8, 4) is 11.5 Å². The predicted octanol–water partition coefficient (Wildman–Crippen LogP) is 2.46. The summed E-state index contributed by atoms with van der Waals surface area (Å²) in [6.07, 6.45) is 2.99. The highest BCUT2D eigenvalue weighted by atomic mass is 16.6. The number of benzene rings is 1. The minimum absolute atomic E-state index is 0.0356. The van der Waals surface area contributed by atoms with Crippen LogP contribution in [-0.2, 0) is 4.84 Å². The molecular weight excluding hydrogens is 296 g/mol. The van der Waals surface area contributed by atoms with Gasteiger partial charge in [0, 0.05) is 5.56 Å². The summed E-state index contributed by atoms with van der Waals surface area (Å²) in [5.41, 5.74) is 0.469. The molecule has 0 unspecified atom stereocenters. The van der Waals surface area contributed by atoms with Gasteiger partial charge in [0.15, 0.2) is 11.5 Å². The third-order valence-electron chi connectivity index (χ3n) is 3.15. The molecular formula is C16H20N4O3. The topological polar surface area (TPSA) is 70.8 Å². The van der Waals surface area contributed by atoms with Crippen LogP contribution in [0.15, 0.2) is 36.0 Å². The zero-order chi connectivity index (χ0) is 16.4. The van der Waals surface area contributed by atoms with Crippen molar-refractivity contribution < 1.29 is 14.3 Å². The highest BCUT2D eigenvalue weighted by Crippen LogP contribution is 2.35. The van der Waals surface area contributed by atoms with Crippen LogP contribution in [0.2, 0.25) is 0 Å². The zero-order valence-corrected chi connectivity index (χ0v) is 13.7. The van der Waals surface area contributed by atoms with E-state index in [2.05, 4.69) is 15.2 Å². The Morgan fingerprint density at radius 3 is 2.87 bits per heavy atom. The van der Waals surface area contributed by atoms with Crippen molar-refractivity contribution in [1.82, 2.24) is 14.8 Å². The first kappa shape index (κ1) is 15.3. The molecule has 7 nitrogen and oxygen atoms in total. The van der Waals surface area contributed by atoms with Gasteiger partial charge in [0.05, 0.1) is 0 Å². The molecule has 1 aliphatic rings. The zero-order valence-electron chi connectivity index (χ0n) is 13.7. The van der Waals surface area contributed by atoms with Gasteiger partial charge < -0.3 is 14.3 Å². The van der Waals surface area contributed by atoms with Crippen molar-refractivity contribution in [3.05, 3.63) is 36.4 Å². The summed E-state index contributed by atoms with van der Waals surface area (Å²) >= 11 is 0. The Labute approximate surface area is 134 Å². The quantitative estimate of drug-likeness (QED) is 0.494. The second-order valence-corrected chi connectivity index (χ2v) is 6.22. The molecule has 0 saturated carbocycles. The number of hydrogen-bond acceptors (Lipinski definition) is 6. The Morgan fingerprint density at radius 2 is 2.17 bits per heavy atom. The summed E-state index contributed by atoms with van der Waals surface area (Å²) in [4.78, 5) is 9.35. The van der Waals surface area contributed by atoms with E-state index >= 15 is 0 Å². The first-order chi connectivity index (χ1) is 10.9. The van der Waals surface area contributed by atoms with Gasteiger partial charge in [-0.1, -0.05) is 5.16 Å². The molecule has 0 bridgehead atoms. The van der Waals surface area contributed by atoms with Crippen molar-refractivity contribution in [2.45, 2.75) is 39.4 Å². The van der Waals surface area contributed by atoms with Gasteiger partial charge >= 0.3 is 0 Å². The molecule has 0 N–H and O–H groups in total. The Kier molecular flexibility index (Phi) is 3.94. The van der Waals surface area contributed by atoms with Crippen molar-refractivity contribution >= 4 is 5.84 Å². The smallest absolute Gasteiger partial charge is 0.201 e. The molecule has 2 heterocycles. The van der Waals surface area contributed by atoms with E-state index in [0.717, 1.165) is 5.56 Å². The van der Waals surface area contributed by atoms with Gasteiger partial charge in [-0.3, -0.25) is 0 Å². The van der Waals surface area contributed by atoms with Crippen LogP contribution >= 0.6 is 0 Å². The number of nitrogens with zero attached hydrogens (tertiary/aromatic N) is 4. The van der Waals surface area contributed by atoms with E-state index in [9.17, 15) is 0 Å². The Bertz CT molecular complexity index is 708. The van der Waals surface area contributed by atoms with Gasteiger partial charge in [-0.25, -0.2) is 4.98 Å². The maximum Gasteiger partial charge on any atom is 0.201 e. The van der Waals surface area contributed by atoms with Crippen molar-refractivity contribution in [3.63, 3.8) is 0 Å². The average molecular weight is 316 g/mol. The molecule has 0 aliphatic carbocycles. The molecule has 0 spiro atoms. The fourth-order valence-electron chi connectivity index (χ4n) is 2.12. The van der Waals surface area contributed by atoms with Gasteiger partial charge in [0.2, 0.25) is 5.84 Å². The minimum Gasteiger partial charge on any atom is -0.486 e. The van der Waals surface area contributed by atoms with Gasteiger partial charge in [0.1, 0.15) is 31.0 Å². The first-order valence-electron chi connectivity index (χ1n) is 7.50. The van der Waals surface area contributed by atoms with Crippen molar-refractivity contribution in [2.24, 2.45) is 5.16 Å². The molecule has 7 heteroatoms. The second kappa shape index (κ2) is 5.91. The molecule has 0 saturated heterocycles. The van der Waals surface area contributed by atoms with E-state index < -0.39 is 0 Å². The van der Waals surface area contributed by atoms with Crippen molar-refractivity contribution in [2.75, 3.05) is 6.61 Å². The van der Waals surface area contributed by atoms with Crippen LogP contribution in [-0.4, -0.2) is 38.9 Å². The Morgan fingerprint density at radius 1 is 1.35 bits per heavy atom. The molecule has 1 aliphatic heterocycles. The summed E-state index contributed by atoms with van der Waals surface area (Å²) in [6, 6.07) is 5.63. The highest BCUT2D eigenvalue weighted by Gasteiger charge is 2.28. The largest absolute Gasteiger partial charge is 0.486 e. The van der Waals surface area contributed by atoms with Crippen LogP contribution in [0.5, 0.6) is 11.5 Å². The summed E-state index contributed by atoms with van der Waals surface area (Å²) in [5.74, 6) is 1.93. The van der Waals surface area contributed by atoms with Crippen LogP contribution in [0.4, 0.5) is 0 Å². The molecule has 122 valence electrons. The molecule has 23 heavy (non-hydrogen) atoms. The third-order valence-corrected chi connectivity index (χ3v) is 3.15. The molecule has 1 aromatic heterocycles. The average Bonchev–Trinajstić information content (AvgIpc) is 3.00. The van der Waals surface area contributed by atoms with Crippen LogP contribution < -0.4 is 9.47 Å². The lowest BCUT2D eigenvalue weighted by atomic mass is 10.1. The first-order valence-corrected chi connectivity index (χ1v) is 7.50. The lowest BCUT2D eigenvalue weighted by Crippen LogP contribution is -2.38. The van der Waals surface area contributed by atoms with Gasteiger partial charge in [-0.05, 0) is 45.9 Å². The third kappa shape index (κ3) is 3.44. The maximum absolute atomic E-state index is 5.91. The van der Waals surface area contributed by atoms with Gasteiger partial charge in [0.25, 0.3) is 0 Å². The molecule has 0 atom stereocenters. The number of fused-ring (bicyclic) bond motifs is 1. The van der Waals surface area contributed by atoms with Gasteiger partial charge in [-0.2, -0.15) is 9.78 Å². The fraction of sp³-hybridized carbons (Fsp3) is 0.438. The summed E-state index contributed by atoms with van der Waals surface area (Å²) in [5, 5.41) is 8.32. The minimum atomic E-state index is -0.335. The molecule has 2 aromatic rings. The standard InChI is InChI=1S/C16H20N4O3/c1-11(2)23-19-15(20-10-17-9-18-20)12-5-6-13-14(7-12)21-8-16(3,4)22-13/h5-7,9-11H,8H2,1-4H3/b19-15-. The van der Waals surface area contributed by atoms with E-state index in [1.54, 1.807) is 11.0 Å². The second-order valence-electron chi connectivity index (χ2n) is 6.22. The monoisotopic (exact) mass is 316 g/mol. The highest BCUT2D eigenvalue weighted by molar-refractivity contribution is 5.99. The Hall–Kier alpha value is -2.57.